The second-order valence-electron chi connectivity index (χ2n) is 6.53. The fourth-order valence-electron chi connectivity index (χ4n) is 2.52. The van der Waals surface area contributed by atoms with Gasteiger partial charge in [0.15, 0.2) is 6.61 Å². The molecule has 140 valence electrons. The van der Waals surface area contributed by atoms with Gasteiger partial charge in [-0.2, -0.15) is 5.26 Å². The predicted molar refractivity (Wildman–Crippen MR) is 103 cm³/mol. The Morgan fingerprint density at radius 2 is 1.85 bits per heavy atom. The minimum atomic E-state index is -0.674. The molecule has 27 heavy (non-hydrogen) atoms. The van der Waals surface area contributed by atoms with Gasteiger partial charge in [0.2, 0.25) is 5.91 Å². The van der Waals surface area contributed by atoms with Crippen molar-refractivity contribution < 1.29 is 14.3 Å². The number of nitrogens with one attached hydrogen (secondary N) is 2. The molecule has 2 rings (SSSR count). The van der Waals surface area contributed by atoms with Crippen LogP contribution < -0.4 is 15.4 Å². The summed E-state index contributed by atoms with van der Waals surface area (Å²) in [6.45, 7) is 5.62. The van der Waals surface area contributed by atoms with E-state index in [0.29, 0.717) is 17.0 Å². The second kappa shape index (κ2) is 9.39. The molecule has 0 bridgehead atoms. The maximum absolute atomic E-state index is 12.6. The minimum Gasteiger partial charge on any atom is -0.479 e. The zero-order valence-electron chi connectivity index (χ0n) is 15.7. The fourth-order valence-corrected chi connectivity index (χ4v) is 2.52. The first-order valence-corrected chi connectivity index (χ1v) is 8.69. The highest BCUT2D eigenvalue weighted by molar-refractivity contribution is 6.01. The zero-order valence-corrected chi connectivity index (χ0v) is 15.7. The number of anilines is 1. The minimum absolute atomic E-state index is 0.0356. The molecule has 2 aromatic rings. The predicted octanol–water partition coefficient (Wildman–Crippen LogP) is 3.29. The largest absolute Gasteiger partial charge is 0.479 e. The summed E-state index contributed by atoms with van der Waals surface area (Å²) >= 11 is 0. The molecule has 0 aliphatic carbocycles. The van der Waals surface area contributed by atoms with Crippen molar-refractivity contribution in [3.05, 3.63) is 59.7 Å². The first-order chi connectivity index (χ1) is 12.9. The summed E-state index contributed by atoms with van der Waals surface area (Å²) in [6.07, 6.45) is 0. The van der Waals surface area contributed by atoms with Gasteiger partial charge in [0, 0.05) is 11.3 Å². The highest BCUT2D eigenvalue weighted by atomic mass is 16.5. The van der Waals surface area contributed by atoms with Crippen LogP contribution in [0, 0.1) is 24.2 Å². The monoisotopic (exact) mass is 365 g/mol. The fraction of sp³-hybridized carbons (Fsp3) is 0.286. The normalized spacial score (nSPS) is 11.4. The molecule has 0 radical (unpaired) electrons. The lowest BCUT2D eigenvalue weighted by Crippen LogP contribution is -2.47. The zero-order chi connectivity index (χ0) is 19.8. The lowest BCUT2D eigenvalue weighted by atomic mass is 10.0. The van der Waals surface area contributed by atoms with Gasteiger partial charge in [-0.1, -0.05) is 31.5 Å². The molecule has 0 unspecified atom stereocenters. The van der Waals surface area contributed by atoms with E-state index in [2.05, 4.69) is 10.6 Å². The van der Waals surface area contributed by atoms with Crippen molar-refractivity contribution in [2.45, 2.75) is 26.8 Å². The number of hydrogen-bond donors (Lipinski definition) is 2. The van der Waals surface area contributed by atoms with Crippen LogP contribution >= 0.6 is 0 Å². The van der Waals surface area contributed by atoms with Crippen molar-refractivity contribution in [1.29, 1.82) is 5.26 Å². The molecule has 0 aliphatic rings. The molecule has 0 heterocycles. The third-order valence-electron chi connectivity index (χ3n) is 3.94. The van der Waals surface area contributed by atoms with Gasteiger partial charge in [0.05, 0.1) is 0 Å². The number of ether oxygens (including phenoxy) is 1. The van der Waals surface area contributed by atoms with E-state index in [1.54, 1.807) is 36.4 Å². The summed E-state index contributed by atoms with van der Waals surface area (Å²) in [4.78, 5) is 25.1. The molecule has 0 saturated heterocycles. The number of hydrogen-bond acceptors (Lipinski definition) is 4. The van der Waals surface area contributed by atoms with Gasteiger partial charge >= 0.3 is 0 Å². The highest BCUT2D eigenvalue weighted by Crippen LogP contribution is 2.17. The molecule has 0 spiro atoms. The Morgan fingerprint density at radius 3 is 2.44 bits per heavy atom. The number of nitrogens with zero attached hydrogens (tertiary/aromatic N) is 1. The lowest BCUT2D eigenvalue weighted by molar-refractivity contribution is -0.118. The van der Waals surface area contributed by atoms with E-state index in [-0.39, 0.29) is 24.3 Å². The van der Waals surface area contributed by atoms with Crippen LogP contribution in [0.1, 0.15) is 29.8 Å². The van der Waals surface area contributed by atoms with Gasteiger partial charge in [-0.3, -0.25) is 9.59 Å². The Balaban J connectivity index is 2.04. The number of aryl methyl sites for hydroxylation is 1. The Labute approximate surface area is 159 Å². The first-order valence-electron chi connectivity index (χ1n) is 8.69. The van der Waals surface area contributed by atoms with E-state index < -0.39 is 6.04 Å². The molecular weight excluding hydrogens is 342 g/mol. The standard InChI is InChI=1S/C21H23N3O3/c1-14(2)19(24-20(25)16-6-4-5-15(3)13-16)21(26)23-17-7-9-18(10-8-17)27-12-11-22/h4-10,13-14,19H,12H2,1-3H3,(H,23,26)(H,24,25)/t19-/m0/s1. The number of carbonyl (C=O) groups excluding carboxylic acids is 2. The van der Waals surface area contributed by atoms with Gasteiger partial charge in [0.1, 0.15) is 17.9 Å². The molecular formula is C21H23N3O3. The average Bonchev–Trinajstić information content (AvgIpc) is 2.65. The molecule has 1 atom stereocenters. The van der Waals surface area contributed by atoms with E-state index in [4.69, 9.17) is 10.00 Å². The van der Waals surface area contributed by atoms with Crippen LogP contribution in [-0.2, 0) is 4.79 Å². The van der Waals surface area contributed by atoms with Gasteiger partial charge in [-0.05, 0) is 49.2 Å². The maximum Gasteiger partial charge on any atom is 0.251 e. The third-order valence-corrected chi connectivity index (χ3v) is 3.94. The lowest BCUT2D eigenvalue weighted by Gasteiger charge is -2.22. The maximum atomic E-state index is 12.6. The van der Waals surface area contributed by atoms with Crippen molar-refractivity contribution in [3.8, 4) is 11.8 Å². The van der Waals surface area contributed by atoms with Crippen LogP contribution in [0.15, 0.2) is 48.5 Å². The van der Waals surface area contributed by atoms with Crippen LogP contribution in [0.2, 0.25) is 0 Å². The van der Waals surface area contributed by atoms with E-state index in [1.807, 2.05) is 39.0 Å². The summed E-state index contributed by atoms with van der Waals surface area (Å²) in [6, 6.07) is 15.2. The van der Waals surface area contributed by atoms with Crippen molar-refractivity contribution in [1.82, 2.24) is 5.32 Å². The summed E-state index contributed by atoms with van der Waals surface area (Å²) in [5.41, 5.74) is 2.08. The Kier molecular flexibility index (Phi) is 6.95. The smallest absolute Gasteiger partial charge is 0.251 e. The molecule has 2 amide bonds. The van der Waals surface area contributed by atoms with Crippen molar-refractivity contribution >= 4 is 17.5 Å². The molecule has 6 heteroatoms. The van der Waals surface area contributed by atoms with E-state index in [9.17, 15) is 9.59 Å². The van der Waals surface area contributed by atoms with Crippen molar-refractivity contribution in [2.75, 3.05) is 11.9 Å². The number of rotatable bonds is 7. The summed E-state index contributed by atoms with van der Waals surface area (Å²) < 4.78 is 5.18. The molecule has 0 aliphatic heterocycles. The number of benzene rings is 2. The van der Waals surface area contributed by atoms with Crippen molar-refractivity contribution in [2.24, 2.45) is 5.92 Å². The number of amides is 2. The van der Waals surface area contributed by atoms with Gasteiger partial charge < -0.3 is 15.4 Å². The van der Waals surface area contributed by atoms with Crippen LogP contribution in [0.4, 0.5) is 5.69 Å². The van der Waals surface area contributed by atoms with Crippen LogP contribution in [-0.4, -0.2) is 24.5 Å². The summed E-state index contributed by atoms with van der Waals surface area (Å²) in [7, 11) is 0. The Morgan fingerprint density at radius 1 is 1.15 bits per heavy atom. The van der Waals surface area contributed by atoms with Crippen LogP contribution in [0.5, 0.6) is 5.75 Å². The average molecular weight is 365 g/mol. The summed E-state index contributed by atoms with van der Waals surface area (Å²) in [5.74, 6) is -0.121. The molecule has 6 nitrogen and oxygen atoms in total. The SMILES string of the molecule is Cc1cccc(C(=O)N[C@H](C(=O)Nc2ccc(OCC#N)cc2)C(C)C)c1. The van der Waals surface area contributed by atoms with Crippen molar-refractivity contribution in [3.63, 3.8) is 0 Å². The Hall–Kier alpha value is -3.33. The molecule has 0 aromatic heterocycles. The molecule has 2 N–H and O–H groups in total. The molecule has 0 saturated carbocycles. The quantitative estimate of drug-likeness (QED) is 0.788. The topological polar surface area (TPSA) is 91.2 Å². The van der Waals surface area contributed by atoms with Gasteiger partial charge in [-0.15, -0.1) is 0 Å². The Bertz CT molecular complexity index is 838. The first kappa shape index (κ1) is 20.0. The van der Waals surface area contributed by atoms with Gasteiger partial charge in [0.25, 0.3) is 5.91 Å². The van der Waals surface area contributed by atoms with Crippen LogP contribution in [0.3, 0.4) is 0 Å². The molecule has 2 aromatic carbocycles. The highest BCUT2D eigenvalue weighted by Gasteiger charge is 2.24. The number of nitriles is 1. The van der Waals surface area contributed by atoms with E-state index in [0.717, 1.165) is 5.56 Å². The van der Waals surface area contributed by atoms with E-state index >= 15 is 0 Å². The number of carbonyl (C=O) groups is 2. The third kappa shape index (κ3) is 5.86. The summed E-state index contributed by atoms with van der Waals surface area (Å²) in [5, 5.41) is 14.1. The van der Waals surface area contributed by atoms with Gasteiger partial charge in [-0.25, -0.2) is 0 Å². The molecule has 0 fully saturated rings. The second-order valence-corrected chi connectivity index (χ2v) is 6.53. The van der Waals surface area contributed by atoms with Crippen LogP contribution in [0.25, 0.3) is 0 Å². The van der Waals surface area contributed by atoms with E-state index in [1.165, 1.54) is 0 Å².